The molecule has 0 unspecified atom stereocenters. The van der Waals surface area contributed by atoms with Crippen molar-refractivity contribution in [3.63, 3.8) is 0 Å². The van der Waals surface area contributed by atoms with Gasteiger partial charge in [0.1, 0.15) is 5.60 Å². The molecule has 2 aliphatic heterocycles. The summed E-state index contributed by atoms with van der Waals surface area (Å²) in [4.78, 5) is 38.4. The molecule has 3 amide bonds. The molecule has 0 spiro atoms. The maximum absolute atomic E-state index is 12.5. The average molecular weight is 745 g/mol. The third-order valence-electron chi connectivity index (χ3n) is 7.93. The van der Waals surface area contributed by atoms with E-state index in [1.54, 1.807) is 34.7 Å². The van der Waals surface area contributed by atoms with Gasteiger partial charge in [-0.1, -0.05) is 0 Å². The fraction of sp³-hybridized carbons (Fsp3) is 0.889. The summed E-state index contributed by atoms with van der Waals surface area (Å²) in [6, 6.07) is 0. The number of hydrogen-bond acceptors (Lipinski definition) is 7. The predicted molar refractivity (Wildman–Crippen MR) is 146 cm³/mol. The van der Waals surface area contributed by atoms with Crippen LogP contribution in [0.5, 0.6) is 0 Å². The first-order chi connectivity index (χ1) is 21.8. The Kier molecular flexibility index (Phi) is 13.9. The lowest BCUT2D eigenvalue weighted by Crippen LogP contribution is -2.56. The monoisotopic (exact) mass is 744 g/mol. The maximum atomic E-state index is 12.5. The second-order valence-electron chi connectivity index (χ2n) is 13.0. The van der Waals surface area contributed by atoms with Crippen molar-refractivity contribution in [3.05, 3.63) is 0 Å². The highest BCUT2D eigenvalue weighted by atomic mass is 19.4. The van der Waals surface area contributed by atoms with Crippen LogP contribution < -0.4 is 5.32 Å². The Hall–Kier alpha value is -3.07. The normalized spacial score (nSPS) is 18.8. The van der Waals surface area contributed by atoms with Crippen LogP contribution in [0.1, 0.15) is 60.3 Å². The molecule has 0 atom stereocenters. The summed E-state index contributed by atoms with van der Waals surface area (Å²) < 4.78 is 161. The quantitative estimate of drug-likeness (QED) is 0.244. The number of carbonyl (C=O) groups excluding carboxylic acids is 3. The molecular formula is C27H40F12N4O6. The van der Waals surface area contributed by atoms with Crippen molar-refractivity contribution < 1.29 is 81.3 Å². The van der Waals surface area contributed by atoms with Crippen LogP contribution in [-0.4, -0.2) is 127 Å². The number of rotatable bonds is 4. The Morgan fingerprint density at radius 1 is 0.653 bits per heavy atom. The Morgan fingerprint density at radius 2 is 0.959 bits per heavy atom. The zero-order valence-corrected chi connectivity index (χ0v) is 27.6. The average Bonchev–Trinajstić information content (AvgIpc) is 2.91. The highest BCUT2D eigenvalue weighted by Gasteiger charge is 2.61. The minimum atomic E-state index is -5.77. The fourth-order valence-electron chi connectivity index (χ4n) is 4.48. The molecule has 49 heavy (non-hydrogen) atoms. The smallest absolute Gasteiger partial charge is 0.434 e. The van der Waals surface area contributed by atoms with Crippen molar-refractivity contribution in [2.45, 2.75) is 114 Å². The van der Waals surface area contributed by atoms with Crippen LogP contribution in [0, 0.1) is 0 Å². The summed E-state index contributed by atoms with van der Waals surface area (Å²) in [5.74, 6) is 0. The molecule has 288 valence electrons. The van der Waals surface area contributed by atoms with Gasteiger partial charge in [0.05, 0.1) is 0 Å². The molecule has 10 nitrogen and oxygen atoms in total. The van der Waals surface area contributed by atoms with Crippen molar-refractivity contribution in [2.24, 2.45) is 0 Å². The van der Waals surface area contributed by atoms with Crippen molar-refractivity contribution in [3.8, 4) is 0 Å². The zero-order chi connectivity index (χ0) is 38.6. The summed E-state index contributed by atoms with van der Waals surface area (Å²) in [5.41, 5.74) is -1.83. The van der Waals surface area contributed by atoms with Gasteiger partial charge in [0.2, 0.25) is 0 Å². The molecular weight excluding hydrogens is 704 g/mol. The molecule has 2 aliphatic rings. The molecule has 0 radical (unpaired) electrons. The van der Waals surface area contributed by atoms with Crippen LogP contribution >= 0.6 is 0 Å². The second-order valence-corrected chi connectivity index (χ2v) is 13.0. The molecule has 2 fully saturated rings. The van der Waals surface area contributed by atoms with E-state index in [0.717, 1.165) is 9.80 Å². The van der Waals surface area contributed by atoms with Gasteiger partial charge in [0.15, 0.2) is 0 Å². The van der Waals surface area contributed by atoms with Crippen LogP contribution in [0.4, 0.5) is 67.1 Å². The van der Waals surface area contributed by atoms with Crippen LogP contribution in [0.2, 0.25) is 0 Å². The third-order valence-corrected chi connectivity index (χ3v) is 7.93. The van der Waals surface area contributed by atoms with Crippen LogP contribution in [0.3, 0.4) is 0 Å². The molecule has 2 rings (SSSR count). The fourth-order valence-corrected chi connectivity index (χ4v) is 4.48. The lowest BCUT2D eigenvalue weighted by atomic mass is 9.88. The molecule has 0 bridgehead atoms. The second kappa shape index (κ2) is 15.4. The van der Waals surface area contributed by atoms with Crippen LogP contribution in [0.25, 0.3) is 0 Å². The van der Waals surface area contributed by atoms with Crippen LogP contribution in [0.15, 0.2) is 0 Å². The Morgan fingerprint density at radius 3 is 1.22 bits per heavy atom. The highest BCUT2D eigenvalue weighted by molar-refractivity contribution is 5.70. The number of halogens is 12. The van der Waals surface area contributed by atoms with Gasteiger partial charge in [-0.2, -0.15) is 52.7 Å². The predicted octanol–water partition coefficient (Wildman–Crippen LogP) is 7.03. The molecule has 22 heteroatoms. The summed E-state index contributed by atoms with van der Waals surface area (Å²) in [6.07, 6.45) is -34.1. The van der Waals surface area contributed by atoms with Crippen LogP contribution in [-0.2, 0) is 14.2 Å². The molecule has 0 aromatic heterocycles. The van der Waals surface area contributed by atoms with Gasteiger partial charge < -0.3 is 34.2 Å². The van der Waals surface area contributed by atoms with Gasteiger partial charge in [0, 0.05) is 44.3 Å². The van der Waals surface area contributed by atoms with Crippen molar-refractivity contribution in [1.29, 1.82) is 0 Å². The van der Waals surface area contributed by atoms with Crippen molar-refractivity contribution in [2.75, 3.05) is 40.3 Å². The number of amides is 3. The van der Waals surface area contributed by atoms with E-state index >= 15 is 0 Å². The first-order valence-corrected chi connectivity index (χ1v) is 14.6. The van der Waals surface area contributed by atoms with Gasteiger partial charge in [0.25, 0.3) is 12.2 Å². The minimum Gasteiger partial charge on any atom is -0.444 e. The number of ether oxygens (including phenoxy) is 3. The van der Waals surface area contributed by atoms with Gasteiger partial charge in [-0.25, -0.2) is 14.4 Å². The lowest BCUT2D eigenvalue weighted by molar-refractivity contribution is -0.309. The zero-order valence-electron chi connectivity index (χ0n) is 27.6. The molecule has 0 aromatic rings. The number of carbonyl (C=O) groups is 3. The van der Waals surface area contributed by atoms with E-state index in [0.29, 0.717) is 12.8 Å². The standard InChI is InChI=1S/C16H24F6N2O4.C11H16F6N2O2/c1-13(2,3)28-11(25)23(5)14(4)6-8-24(9-7-14)12(26)27-10(15(17,18)19)16(20,21)22;1-9(18-2)3-5-19(6-4-9)8(20)21-7(10(12,13)14)11(15,16)17/h10H,6-9H2,1-5H3;7,18H,3-6H2,1-2H3. The van der Waals surface area contributed by atoms with Gasteiger partial charge in [-0.15, -0.1) is 0 Å². The molecule has 0 aliphatic carbocycles. The van der Waals surface area contributed by atoms with E-state index in [4.69, 9.17) is 4.74 Å². The summed E-state index contributed by atoms with van der Waals surface area (Å²) in [7, 11) is 3.17. The van der Waals surface area contributed by atoms with Gasteiger partial charge in [-0.3, -0.25) is 0 Å². The van der Waals surface area contributed by atoms with E-state index < -0.39 is 66.3 Å². The first kappa shape index (κ1) is 44.0. The molecule has 2 heterocycles. The summed E-state index contributed by atoms with van der Waals surface area (Å²) in [5, 5.41) is 2.99. The minimum absolute atomic E-state index is 0.0264. The number of alkyl halides is 12. The largest absolute Gasteiger partial charge is 0.444 e. The summed E-state index contributed by atoms with van der Waals surface area (Å²) >= 11 is 0. The Bertz CT molecular complexity index is 1090. The van der Waals surface area contributed by atoms with E-state index in [2.05, 4.69) is 14.8 Å². The molecule has 1 N–H and O–H groups in total. The SMILES string of the molecule is CN(C(=O)OC(C)(C)C)C1(C)CCN(C(=O)OC(C(F)(F)F)C(F)(F)F)CC1.CNC1(C)CCN(C(=O)OC(C(F)(F)F)C(F)(F)F)CC1. The Labute approximate surface area is 274 Å². The van der Waals surface area contributed by atoms with Crippen molar-refractivity contribution >= 4 is 18.3 Å². The first-order valence-electron chi connectivity index (χ1n) is 14.6. The number of piperidine rings is 2. The highest BCUT2D eigenvalue weighted by Crippen LogP contribution is 2.38. The third kappa shape index (κ3) is 13.3. The topological polar surface area (TPSA) is 101 Å². The van der Waals surface area contributed by atoms with Gasteiger partial charge >= 0.3 is 43.0 Å². The van der Waals surface area contributed by atoms with Crippen molar-refractivity contribution in [1.82, 2.24) is 20.0 Å². The summed E-state index contributed by atoms with van der Waals surface area (Å²) in [6.45, 7) is 8.27. The maximum Gasteiger partial charge on any atom is 0.434 e. The molecule has 0 saturated carbocycles. The number of nitrogens with one attached hydrogen (secondary N) is 1. The molecule has 2 saturated heterocycles. The van der Waals surface area contributed by atoms with E-state index in [1.807, 2.05) is 6.92 Å². The van der Waals surface area contributed by atoms with E-state index in [1.165, 1.54) is 11.9 Å². The lowest BCUT2D eigenvalue weighted by Gasteiger charge is -2.44. The number of nitrogens with zero attached hydrogens (tertiary/aromatic N) is 3. The van der Waals surface area contributed by atoms with E-state index in [9.17, 15) is 67.1 Å². The Balaban J connectivity index is 0.000000510. The number of likely N-dealkylation sites (tertiary alicyclic amines) is 2. The van der Waals surface area contributed by atoms with Gasteiger partial charge in [-0.05, 0) is 67.3 Å². The number of hydrogen-bond donors (Lipinski definition) is 1. The van der Waals surface area contributed by atoms with E-state index in [-0.39, 0.29) is 44.6 Å². The molecule has 0 aromatic carbocycles.